The predicted molar refractivity (Wildman–Crippen MR) is 121 cm³/mol. The van der Waals surface area contributed by atoms with Crippen molar-refractivity contribution in [2.24, 2.45) is 5.41 Å². The Kier molecular flexibility index (Phi) is 7.56. The minimum atomic E-state index is -0.932. The summed E-state index contributed by atoms with van der Waals surface area (Å²) in [7, 11) is 1.47. The Morgan fingerprint density at radius 1 is 1.41 bits per heavy atom. The molecule has 1 aromatic heterocycles. The van der Waals surface area contributed by atoms with Crippen molar-refractivity contribution in [3.8, 4) is 5.75 Å². The van der Waals surface area contributed by atoms with E-state index in [4.69, 9.17) is 19.9 Å². The molecule has 2 heterocycles. The molecular weight excluding hydrogens is 448 g/mol. The second-order valence-electron chi connectivity index (χ2n) is 9.19. The molecular formula is C22H30N4O8. The molecule has 12 nitrogen and oxygen atoms in total. The number of rotatable bonds is 8. The number of aliphatic hydroxyl groups excluding tert-OH is 2. The minimum Gasteiger partial charge on any atom is -0.497 e. The van der Waals surface area contributed by atoms with E-state index < -0.39 is 47.2 Å². The number of aliphatic hydroxyl groups is 2. The molecule has 1 aliphatic heterocycles. The number of nitro groups is 1. The van der Waals surface area contributed by atoms with Gasteiger partial charge >= 0.3 is 5.69 Å². The van der Waals surface area contributed by atoms with Crippen molar-refractivity contribution in [2.45, 2.75) is 58.3 Å². The van der Waals surface area contributed by atoms with Gasteiger partial charge in [0.15, 0.2) is 0 Å². The SMILES string of the molecule is COc1ccc([N+](=O)[O-])c(C(OCc2cn([C@H]3C[C@H](O)[C@@H](CO)O3)c(=O)nc2N)C(C)(C)C)c1. The van der Waals surface area contributed by atoms with Crippen LogP contribution in [-0.4, -0.2) is 50.6 Å². The first-order valence-electron chi connectivity index (χ1n) is 10.7. The fraction of sp³-hybridized carbons (Fsp3) is 0.545. The third-order valence-electron chi connectivity index (χ3n) is 5.66. The van der Waals surface area contributed by atoms with Gasteiger partial charge in [-0.05, 0) is 17.5 Å². The lowest BCUT2D eigenvalue weighted by Crippen LogP contribution is -2.29. The zero-order valence-corrected chi connectivity index (χ0v) is 19.5. The Bertz CT molecular complexity index is 1100. The third kappa shape index (κ3) is 5.36. The minimum absolute atomic E-state index is 0.0497. The summed E-state index contributed by atoms with van der Waals surface area (Å²) in [6.07, 6.45) is -1.78. The highest BCUT2D eigenvalue weighted by Crippen LogP contribution is 2.42. The molecule has 0 aliphatic carbocycles. The first-order chi connectivity index (χ1) is 16.0. The number of hydrogen-bond acceptors (Lipinski definition) is 10. The van der Waals surface area contributed by atoms with E-state index in [1.54, 1.807) is 6.07 Å². The molecule has 34 heavy (non-hydrogen) atoms. The highest BCUT2D eigenvalue weighted by atomic mass is 16.6. The highest BCUT2D eigenvalue weighted by molar-refractivity contribution is 5.47. The van der Waals surface area contributed by atoms with Gasteiger partial charge in [0.2, 0.25) is 0 Å². The standard InChI is InChI=1S/C22H30N4O8/c1-22(2,3)19(14-7-13(32-4)5-6-15(14)26(30)31)33-11-12-9-25(21(29)24-20(12)23)18-8-16(28)17(10-27)34-18/h5-7,9,16-19,27-28H,8,10-11H2,1-4H3,(H2,23,24,29)/t16-,17+,18+,19?/m0/s1. The number of nitrogens with zero attached hydrogens (tertiary/aromatic N) is 3. The van der Waals surface area contributed by atoms with E-state index in [1.807, 2.05) is 20.8 Å². The van der Waals surface area contributed by atoms with Crippen LogP contribution < -0.4 is 16.2 Å². The average Bonchev–Trinajstić information content (AvgIpc) is 3.14. The summed E-state index contributed by atoms with van der Waals surface area (Å²) in [5.41, 5.74) is 5.33. The van der Waals surface area contributed by atoms with Gasteiger partial charge in [0.1, 0.15) is 23.9 Å². The summed E-state index contributed by atoms with van der Waals surface area (Å²) < 4.78 is 18.1. The molecule has 0 spiro atoms. The molecule has 0 radical (unpaired) electrons. The fourth-order valence-corrected chi connectivity index (χ4v) is 3.90. The molecule has 4 N–H and O–H groups in total. The van der Waals surface area contributed by atoms with Crippen molar-refractivity contribution in [3.05, 3.63) is 56.1 Å². The Balaban J connectivity index is 1.93. The van der Waals surface area contributed by atoms with E-state index in [2.05, 4.69) is 4.98 Å². The number of aromatic nitrogens is 2. The molecule has 1 aliphatic rings. The second-order valence-corrected chi connectivity index (χ2v) is 9.19. The zero-order chi connectivity index (χ0) is 25.2. The molecule has 3 rings (SSSR count). The third-order valence-corrected chi connectivity index (χ3v) is 5.66. The van der Waals surface area contributed by atoms with Crippen molar-refractivity contribution in [1.29, 1.82) is 0 Å². The molecule has 1 saturated heterocycles. The molecule has 186 valence electrons. The highest BCUT2D eigenvalue weighted by Gasteiger charge is 2.36. The number of nitrogens with two attached hydrogens (primary N) is 1. The lowest BCUT2D eigenvalue weighted by molar-refractivity contribution is -0.386. The van der Waals surface area contributed by atoms with E-state index in [0.29, 0.717) is 16.9 Å². The van der Waals surface area contributed by atoms with Gasteiger partial charge in [-0.3, -0.25) is 14.7 Å². The summed E-state index contributed by atoms with van der Waals surface area (Å²) >= 11 is 0. The van der Waals surface area contributed by atoms with Crippen molar-refractivity contribution < 1.29 is 29.3 Å². The van der Waals surface area contributed by atoms with E-state index >= 15 is 0 Å². The molecule has 1 unspecified atom stereocenters. The van der Waals surface area contributed by atoms with Crippen LogP contribution >= 0.6 is 0 Å². The Morgan fingerprint density at radius 2 is 2.12 bits per heavy atom. The van der Waals surface area contributed by atoms with Gasteiger partial charge in [0.25, 0.3) is 5.69 Å². The first-order valence-corrected chi connectivity index (χ1v) is 10.7. The number of nitrogen functional groups attached to an aromatic ring is 1. The van der Waals surface area contributed by atoms with Gasteiger partial charge in [-0.25, -0.2) is 4.79 Å². The quantitative estimate of drug-likeness (QED) is 0.374. The first kappa shape index (κ1) is 25.6. The van der Waals surface area contributed by atoms with E-state index in [1.165, 1.54) is 30.0 Å². The van der Waals surface area contributed by atoms with Gasteiger partial charge in [-0.2, -0.15) is 4.98 Å². The molecule has 2 aromatic rings. The zero-order valence-electron chi connectivity index (χ0n) is 19.5. The van der Waals surface area contributed by atoms with Crippen LogP contribution in [0, 0.1) is 15.5 Å². The van der Waals surface area contributed by atoms with Crippen LogP contribution in [0.4, 0.5) is 11.5 Å². The lowest BCUT2D eigenvalue weighted by Gasteiger charge is -2.31. The number of methoxy groups -OCH3 is 1. The number of nitro benzene ring substituents is 1. The van der Waals surface area contributed by atoms with Crippen LogP contribution in [-0.2, 0) is 16.1 Å². The molecule has 12 heteroatoms. The van der Waals surface area contributed by atoms with Gasteiger partial charge in [-0.15, -0.1) is 0 Å². The Labute approximate surface area is 196 Å². The maximum atomic E-state index is 12.4. The smallest absolute Gasteiger partial charge is 0.351 e. The number of anilines is 1. The monoisotopic (exact) mass is 478 g/mol. The maximum absolute atomic E-state index is 12.4. The van der Waals surface area contributed by atoms with E-state index in [9.17, 15) is 25.1 Å². The topological polar surface area (TPSA) is 172 Å². The summed E-state index contributed by atoms with van der Waals surface area (Å²) in [6.45, 7) is 5.15. The molecule has 0 amide bonds. The van der Waals surface area contributed by atoms with Gasteiger partial charge in [0, 0.05) is 24.2 Å². The van der Waals surface area contributed by atoms with Crippen LogP contribution in [0.3, 0.4) is 0 Å². The van der Waals surface area contributed by atoms with Crippen molar-refractivity contribution in [1.82, 2.24) is 9.55 Å². The summed E-state index contributed by atoms with van der Waals surface area (Å²) in [4.78, 5) is 27.4. The molecule has 0 saturated carbocycles. The Hall–Kier alpha value is -3.06. The molecule has 0 bridgehead atoms. The predicted octanol–water partition coefficient (Wildman–Crippen LogP) is 1.69. The number of ether oxygens (including phenoxy) is 3. The largest absolute Gasteiger partial charge is 0.497 e. The average molecular weight is 479 g/mol. The maximum Gasteiger partial charge on any atom is 0.351 e. The fourth-order valence-electron chi connectivity index (χ4n) is 3.90. The van der Waals surface area contributed by atoms with Gasteiger partial charge < -0.3 is 30.2 Å². The normalized spacial score (nSPS) is 21.4. The van der Waals surface area contributed by atoms with E-state index in [0.717, 1.165) is 0 Å². The number of benzene rings is 1. The van der Waals surface area contributed by atoms with Crippen molar-refractivity contribution in [3.63, 3.8) is 0 Å². The summed E-state index contributed by atoms with van der Waals surface area (Å²) in [6, 6.07) is 4.45. The van der Waals surface area contributed by atoms with Crippen LogP contribution in [0.25, 0.3) is 0 Å². The van der Waals surface area contributed by atoms with Gasteiger partial charge in [-0.1, -0.05) is 20.8 Å². The Morgan fingerprint density at radius 3 is 2.68 bits per heavy atom. The van der Waals surface area contributed by atoms with E-state index in [-0.39, 0.29) is 24.5 Å². The van der Waals surface area contributed by atoms with Gasteiger partial charge in [0.05, 0.1) is 43.0 Å². The van der Waals surface area contributed by atoms with Crippen molar-refractivity contribution in [2.75, 3.05) is 19.5 Å². The summed E-state index contributed by atoms with van der Waals surface area (Å²) in [5, 5.41) is 31.0. The van der Waals surface area contributed by atoms with Crippen molar-refractivity contribution >= 4 is 11.5 Å². The lowest BCUT2D eigenvalue weighted by atomic mass is 9.83. The molecule has 1 fully saturated rings. The number of hydrogen-bond donors (Lipinski definition) is 3. The van der Waals surface area contributed by atoms with Crippen LogP contribution in [0.1, 0.15) is 50.7 Å². The van der Waals surface area contributed by atoms with Crippen LogP contribution in [0.2, 0.25) is 0 Å². The van der Waals surface area contributed by atoms with Crippen LogP contribution in [0.5, 0.6) is 5.75 Å². The summed E-state index contributed by atoms with van der Waals surface area (Å²) in [5.74, 6) is 0.398. The molecule has 1 aromatic carbocycles. The second kappa shape index (κ2) is 10.1. The molecule has 4 atom stereocenters. The van der Waals surface area contributed by atoms with Crippen LogP contribution in [0.15, 0.2) is 29.2 Å².